The summed E-state index contributed by atoms with van der Waals surface area (Å²) in [7, 11) is 0. The summed E-state index contributed by atoms with van der Waals surface area (Å²) in [6, 6.07) is 6.60. The number of rotatable bonds is 1. The number of aromatic nitrogens is 1. The quantitative estimate of drug-likeness (QED) is 0.781. The van der Waals surface area contributed by atoms with E-state index in [-0.39, 0.29) is 10.9 Å². The minimum Gasteiger partial charge on any atom is -0.506 e. The fraction of sp³-hybridized carbons (Fsp3) is 0. The third kappa shape index (κ3) is 2.09. The summed E-state index contributed by atoms with van der Waals surface area (Å²) in [6.45, 7) is 0. The first kappa shape index (κ1) is 11.5. The van der Waals surface area contributed by atoms with Crippen LogP contribution in [0.4, 0.5) is 0 Å². The Kier molecular flexibility index (Phi) is 3.24. The van der Waals surface area contributed by atoms with Crippen molar-refractivity contribution in [2.24, 2.45) is 0 Å². The maximum atomic E-state index is 9.37. The molecular weight excluding hydrogens is 268 g/mol. The summed E-state index contributed by atoms with van der Waals surface area (Å²) < 4.78 is 0. The number of hydrogen-bond acceptors (Lipinski definition) is 2. The van der Waals surface area contributed by atoms with Crippen molar-refractivity contribution in [3.8, 4) is 16.9 Å². The Labute approximate surface area is 107 Å². The summed E-state index contributed by atoms with van der Waals surface area (Å²) in [6.07, 6.45) is 1.26. The lowest BCUT2D eigenvalue weighted by atomic mass is 10.1. The molecule has 0 aliphatic heterocycles. The molecule has 0 amide bonds. The Bertz CT molecular complexity index is 522. The van der Waals surface area contributed by atoms with E-state index >= 15 is 0 Å². The molecule has 0 saturated carbocycles. The van der Waals surface area contributed by atoms with Gasteiger partial charge in [-0.05, 0) is 18.2 Å². The number of hydrogen-bond donors (Lipinski definition) is 1. The minimum absolute atomic E-state index is 0.00962. The van der Waals surface area contributed by atoms with Gasteiger partial charge < -0.3 is 5.11 Å². The van der Waals surface area contributed by atoms with Crippen LogP contribution in [0.15, 0.2) is 30.5 Å². The lowest BCUT2D eigenvalue weighted by molar-refractivity contribution is 0.473. The van der Waals surface area contributed by atoms with E-state index in [2.05, 4.69) is 4.98 Å². The molecule has 0 radical (unpaired) electrons. The van der Waals surface area contributed by atoms with Crippen molar-refractivity contribution in [3.63, 3.8) is 0 Å². The van der Waals surface area contributed by atoms with Gasteiger partial charge in [0.2, 0.25) is 0 Å². The first-order chi connectivity index (χ1) is 7.59. The van der Waals surface area contributed by atoms with Crippen LogP contribution in [0.2, 0.25) is 15.2 Å². The molecule has 2 aromatic rings. The first-order valence-electron chi connectivity index (χ1n) is 4.38. The Morgan fingerprint density at radius 3 is 2.31 bits per heavy atom. The van der Waals surface area contributed by atoms with Gasteiger partial charge in [-0.3, -0.25) is 0 Å². The topological polar surface area (TPSA) is 33.1 Å². The highest BCUT2D eigenvalue weighted by atomic mass is 35.5. The molecule has 0 unspecified atom stereocenters. The average Bonchev–Trinajstić information content (AvgIpc) is 2.23. The van der Waals surface area contributed by atoms with Crippen molar-refractivity contribution in [1.82, 2.24) is 4.98 Å². The highest BCUT2D eigenvalue weighted by Crippen LogP contribution is 2.38. The predicted molar refractivity (Wildman–Crippen MR) is 66.4 cm³/mol. The van der Waals surface area contributed by atoms with E-state index in [4.69, 9.17) is 34.8 Å². The Morgan fingerprint density at radius 1 is 1.06 bits per heavy atom. The van der Waals surface area contributed by atoms with Crippen LogP contribution in [0.5, 0.6) is 5.75 Å². The van der Waals surface area contributed by atoms with Crippen LogP contribution in [0.3, 0.4) is 0 Å². The summed E-state index contributed by atoms with van der Waals surface area (Å²) in [4.78, 5) is 3.84. The number of aromatic hydroxyl groups is 1. The van der Waals surface area contributed by atoms with Crippen LogP contribution in [0.1, 0.15) is 0 Å². The first-order valence-corrected chi connectivity index (χ1v) is 5.52. The molecule has 0 atom stereocenters. The van der Waals surface area contributed by atoms with Gasteiger partial charge in [0.25, 0.3) is 0 Å². The molecule has 82 valence electrons. The van der Waals surface area contributed by atoms with Gasteiger partial charge in [0.1, 0.15) is 10.9 Å². The lowest BCUT2D eigenvalue weighted by Gasteiger charge is -2.08. The normalized spacial score (nSPS) is 10.4. The van der Waals surface area contributed by atoms with Crippen molar-refractivity contribution in [3.05, 3.63) is 45.7 Å². The van der Waals surface area contributed by atoms with Crippen LogP contribution in [-0.4, -0.2) is 10.1 Å². The van der Waals surface area contributed by atoms with E-state index in [1.54, 1.807) is 18.2 Å². The second-order valence-electron chi connectivity index (χ2n) is 3.13. The number of nitrogens with zero attached hydrogens (tertiary/aromatic N) is 1. The van der Waals surface area contributed by atoms with Crippen LogP contribution in [-0.2, 0) is 0 Å². The van der Waals surface area contributed by atoms with Crippen molar-refractivity contribution in [2.45, 2.75) is 0 Å². The molecule has 1 aromatic carbocycles. The molecule has 0 spiro atoms. The van der Waals surface area contributed by atoms with Gasteiger partial charge in [-0.2, -0.15) is 0 Å². The van der Waals surface area contributed by atoms with Crippen LogP contribution in [0, 0.1) is 0 Å². The highest BCUT2D eigenvalue weighted by molar-refractivity contribution is 6.40. The molecule has 0 fully saturated rings. The largest absolute Gasteiger partial charge is 0.506 e. The van der Waals surface area contributed by atoms with E-state index in [1.807, 2.05) is 0 Å². The summed E-state index contributed by atoms with van der Waals surface area (Å²) >= 11 is 18.0. The fourth-order valence-electron chi connectivity index (χ4n) is 1.37. The number of pyridine rings is 1. The van der Waals surface area contributed by atoms with Crippen molar-refractivity contribution >= 4 is 34.8 Å². The van der Waals surface area contributed by atoms with E-state index in [1.165, 1.54) is 12.3 Å². The van der Waals surface area contributed by atoms with Crippen molar-refractivity contribution in [1.29, 1.82) is 0 Å². The fourth-order valence-corrected chi connectivity index (χ4v) is 2.17. The van der Waals surface area contributed by atoms with Gasteiger partial charge in [-0.25, -0.2) is 4.98 Å². The SMILES string of the molecule is Oc1cnc(Cl)c(-c2c(Cl)cccc2Cl)c1. The third-order valence-corrected chi connectivity index (χ3v) is 2.99. The zero-order chi connectivity index (χ0) is 11.7. The Hall–Kier alpha value is -0.960. The highest BCUT2D eigenvalue weighted by Gasteiger charge is 2.13. The van der Waals surface area contributed by atoms with E-state index in [0.29, 0.717) is 21.2 Å². The van der Waals surface area contributed by atoms with Gasteiger partial charge >= 0.3 is 0 Å². The molecule has 0 bridgehead atoms. The zero-order valence-corrected chi connectivity index (χ0v) is 10.2. The van der Waals surface area contributed by atoms with Gasteiger partial charge in [0.05, 0.1) is 16.2 Å². The minimum atomic E-state index is 0.00962. The summed E-state index contributed by atoms with van der Waals surface area (Å²) in [5, 5.41) is 10.5. The molecular formula is C11H6Cl3NO. The zero-order valence-electron chi connectivity index (χ0n) is 7.92. The molecule has 5 heteroatoms. The van der Waals surface area contributed by atoms with Crippen LogP contribution in [0.25, 0.3) is 11.1 Å². The standard InChI is InChI=1S/C11H6Cl3NO/c12-8-2-1-3-9(13)10(8)7-4-6(16)5-15-11(7)14/h1-5,16H. The smallest absolute Gasteiger partial charge is 0.137 e. The van der Waals surface area contributed by atoms with E-state index < -0.39 is 0 Å². The molecule has 1 aromatic heterocycles. The van der Waals surface area contributed by atoms with Gasteiger partial charge in [-0.15, -0.1) is 0 Å². The maximum Gasteiger partial charge on any atom is 0.137 e. The predicted octanol–water partition coefficient (Wildman–Crippen LogP) is 4.41. The summed E-state index contributed by atoms with van der Waals surface area (Å²) in [5.41, 5.74) is 1.08. The van der Waals surface area contributed by atoms with E-state index in [9.17, 15) is 5.11 Å². The van der Waals surface area contributed by atoms with E-state index in [0.717, 1.165) is 0 Å². The molecule has 1 heterocycles. The molecule has 0 aliphatic carbocycles. The van der Waals surface area contributed by atoms with Crippen LogP contribution < -0.4 is 0 Å². The Balaban J connectivity index is 2.72. The molecule has 0 saturated heterocycles. The van der Waals surface area contributed by atoms with Crippen molar-refractivity contribution < 1.29 is 5.11 Å². The number of halogens is 3. The van der Waals surface area contributed by atoms with Crippen molar-refractivity contribution in [2.75, 3.05) is 0 Å². The number of benzene rings is 1. The molecule has 2 nitrogen and oxygen atoms in total. The maximum absolute atomic E-state index is 9.37. The Morgan fingerprint density at radius 2 is 1.69 bits per heavy atom. The lowest BCUT2D eigenvalue weighted by Crippen LogP contribution is -1.85. The molecule has 0 aliphatic rings. The summed E-state index contributed by atoms with van der Waals surface area (Å²) in [5.74, 6) is 0.00962. The third-order valence-electron chi connectivity index (χ3n) is 2.06. The van der Waals surface area contributed by atoms with Gasteiger partial charge in [0.15, 0.2) is 0 Å². The second kappa shape index (κ2) is 4.50. The molecule has 2 rings (SSSR count). The van der Waals surface area contributed by atoms with Gasteiger partial charge in [0, 0.05) is 11.1 Å². The average molecular weight is 275 g/mol. The molecule has 16 heavy (non-hydrogen) atoms. The van der Waals surface area contributed by atoms with Gasteiger partial charge in [-0.1, -0.05) is 40.9 Å². The van der Waals surface area contributed by atoms with Crippen LogP contribution >= 0.6 is 34.8 Å². The molecule has 1 N–H and O–H groups in total. The second-order valence-corrected chi connectivity index (χ2v) is 4.30. The monoisotopic (exact) mass is 273 g/mol.